The Bertz CT molecular complexity index is 541. The molecule has 1 heterocycles. The van der Waals surface area contributed by atoms with Gasteiger partial charge in [0.2, 0.25) is 5.91 Å². The number of ether oxygens (including phenoxy) is 1. The third kappa shape index (κ3) is 2.54. The van der Waals surface area contributed by atoms with Crippen LogP contribution in [-0.2, 0) is 9.53 Å². The van der Waals surface area contributed by atoms with Gasteiger partial charge in [0.25, 0.3) is 0 Å². The van der Waals surface area contributed by atoms with Gasteiger partial charge in [-0.05, 0) is 38.5 Å². The van der Waals surface area contributed by atoms with Crippen LogP contribution in [0.3, 0.4) is 0 Å². The molecule has 0 aliphatic carbocycles. The number of rotatable bonds is 2. The molecule has 1 aliphatic heterocycles. The van der Waals surface area contributed by atoms with Crippen LogP contribution in [0.5, 0.6) is 0 Å². The molecule has 0 fully saturated rings. The molecule has 1 N–H and O–H groups in total. The smallest absolute Gasteiger partial charge is 0.338 e. The van der Waals surface area contributed by atoms with Crippen LogP contribution >= 0.6 is 0 Å². The van der Waals surface area contributed by atoms with Crippen molar-refractivity contribution in [2.24, 2.45) is 0 Å². The number of carbonyl (C=O) groups is 2. The number of nitrogens with zero attached hydrogens (tertiary/aromatic N) is 1. The van der Waals surface area contributed by atoms with Gasteiger partial charge in [0.1, 0.15) is 0 Å². The first-order valence-electron chi connectivity index (χ1n) is 6.74. The van der Waals surface area contributed by atoms with Crippen LogP contribution < -0.4 is 4.90 Å². The minimum absolute atomic E-state index is 0.0663. The van der Waals surface area contributed by atoms with E-state index >= 15 is 0 Å². The highest BCUT2D eigenvalue weighted by atomic mass is 16.5. The molecule has 2 atom stereocenters. The zero-order valence-corrected chi connectivity index (χ0v) is 11.9. The lowest BCUT2D eigenvalue weighted by Crippen LogP contribution is -2.42. The molecule has 1 aromatic carbocycles. The Kier molecular flexibility index (Phi) is 4.09. The maximum atomic E-state index is 11.8. The molecule has 0 spiro atoms. The molecule has 0 bridgehead atoms. The number of fused-ring (bicyclic) bond motifs is 1. The van der Waals surface area contributed by atoms with Gasteiger partial charge in [0.15, 0.2) is 0 Å². The Hall–Kier alpha value is -1.88. The molecule has 0 aromatic heterocycles. The fourth-order valence-electron chi connectivity index (χ4n) is 2.66. The highest BCUT2D eigenvalue weighted by Gasteiger charge is 2.31. The van der Waals surface area contributed by atoms with Crippen LogP contribution in [0.4, 0.5) is 5.69 Å². The predicted octanol–water partition coefficient (Wildman–Crippen LogP) is 2.04. The number of aliphatic hydroxyl groups excluding tert-OH is 1. The second-order valence-electron chi connectivity index (χ2n) is 4.98. The summed E-state index contributed by atoms with van der Waals surface area (Å²) in [5, 5.41) is 10.2. The van der Waals surface area contributed by atoms with E-state index in [1.54, 1.807) is 30.0 Å². The highest BCUT2D eigenvalue weighted by Crippen LogP contribution is 2.37. The second-order valence-corrected chi connectivity index (χ2v) is 4.98. The van der Waals surface area contributed by atoms with Crippen molar-refractivity contribution in [1.29, 1.82) is 0 Å². The molecule has 1 aromatic rings. The van der Waals surface area contributed by atoms with Gasteiger partial charge in [-0.1, -0.05) is 0 Å². The minimum atomic E-state index is -0.676. The number of hydrogen-bond acceptors (Lipinski definition) is 4. The van der Waals surface area contributed by atoms with E-state index in [-0.39, 0.29) is 11.9 Å². The van der Waals surface area contributed by atoms with Crippen LogP contribution in [0, 0.1) is 0 Å². The summed E-state index contributed by atoms with van der Waals surface area (Å²) in [5.41, 5.74) is 1.66. The van der Waals surface area contributed by atoms with Crippen molar-refractivity contribution >= 4 is 17.6 Å². The molecule has 1 amide bonds. The fourth-order valence-corrected chi connectivity index (χ4v) is 2.66. The summed E-state index contributed by atoms with van der Waals surface area (Å²) in [4.78, 5) is 25.1. The standard InChI is InChI=1S/C15H19NO4/c1-4-20-15(19)11-5-6-13-12(8-11)14(18)7-9(2)16(13)10(3)17/h5-6,8-9,14,18H,4,7H2,1-3H3/t9-,14+/m0/s1. The van der Waals surface area contributed by atoms with E-state index in [0.717, 1.165) is 0 Å². The Morgan fingerprint density at radius 3 is 2.75 bits per heavy atom. The molecule has 0 unspecified atom stereocenters. The summed E-state index contributed by atoms with van der Waals surface area (Å²) in [6.07, 6.45) is -0.219. The first kappa shape index (κ1) is 14.5. The van der Waals surface area contributed by atoms with Crippen molar-refractivity contribution in [3.05, 3.63) is 29.3 Å². The molecular weight excluding hydrogens is 258 g/mol. The molecule has 2 rings (SSSR count). The van der Waals surface area contributed by atoms with Crippen molar-refractivity contribution in [3.8, 4) is 0 Å². The van der Waals surface area contributed by atoms with Crippen LogP contribution in [0.15, 0.2) is 18.2 Å². The topological polar surface area (TPSA) is 66.8 Å². The van der Waals surface area contributed by atoms with Gasteiger partial charge in [0, 0.05) is 24.2 Å². The number of aliphatic hydroxyl groups is 1. The highest BCUT2D eigenvalue weighted by molar-refractivity contribution is 5.95. The van der Waals surface area contributed by atoms with Gasteiger partial charge in [-0.3, -0.25) is 4.79 Å². The van der Waals surface area contributed by atoms with Gasteiger partial charge in [-0.2, -0.15) is 0 Å². The van der Waals surface area contributed by atoms with Gasteiger partial charge in [0.05, 0.1) is 18.3 Å². The molecule has 20 heavy (non-hydrogen) atoms. The zero-order valence-electron chi connectivity index (χ0n) is 11.9. The summed E-state index contributed by atoms with van der Waals surface area (Å²) in [5.74, 6) is -0.495. The van der Waals surface area contributed by atoms with Crippen LogP contribution in [-0.4, -0.2) is 29.6 Å². The number of carbonyl (C=O) groups excluding carboxylic acids is 2. The van der Waals surface area contributed by atoms with Gasteiger partial charge < -0.3 is 14.7 Å². The lowest BCUT2D eigenvalue weighted by Gasteiger charge is -2.37. The molecule has 0 radical (unpaired) electrons. The molecule has 0 saturated carbocycles. The van der Waals surface area contributed by atoms with Crippen molar-refractivity contribution in [2.45, 2.75) is 39.3 Å². The van der Waals surface area contributed by atoms with Gasteiger partial charge in [-0.25, -0.2) is 4.79 Å². The van der Waals surface area contributed by atoms with Gasteiger partial charge >= 0.3 is 5.97 Å². The van der Waals surface area contributed by atoms with Crippen LogP contribution in [0.25, 0.3) is 0 Å². The Morgan fingerprint density at radius 1 is 1.45 bits per heavy atom. The maximum absolute atomic E-state index is 11.8. The van der Waals surface area contributed by atoms with E-state index in [0.29, 0.717) is 29.8 Å². The average molecular weight is 277 g/mol. The average Bonchev–Trinajstić information content (AvgIpc) is 2.38. The zero-order chi connectivity index (χ0) is 14.9. The fraction of sp³-hybridized carbons (Fsp3) is 0.467. The number of anilines is 1. The van der Waals surface area contributed by atoms with E-state index in [1.807, 2.05) is 6.92 Å². The predicted molar refractivity (Wildman–Crippen MR) is 74.6 cm³/mol. The van der Waals surface area contributed by atoms with E-state index in [1.165, 1.54) is 6.92 Å². The third-order valence-electron chi connectivity index (χ3n) is 3.50. The van der Waals surface area contributed by atoms with E-state index < -0.39 is 12.1 Å². The van der Waals surface area contributed by atoms with E-state index in [9.17, 15) is 14.7 Å². The SMILES string of the molecule is CCOC(=O)c1ccc2c(c1)[C@H](O)C[C@H](C)N2C(C)=O. The quantitative estimate of drug-likeness (QED) is 0.840. The van der Waals surface area contributed by atoms with Gasteiger partial charge in [-0.15, -0.1) is 0 Å². The molecule has 5 nitrogen and oxygen atoms in total. The van der Waals surface area contributed by atoms with Crippen molar-refractivity contribution in [2.75, 3.05) is 11.5 Å². The summed E-state index contributed by atoms with van der Waals surface area (Å²) < 4.78 is 4.95. The number of benzene rings is 1. The molecule has 1 aliphatic rings. The Balaban J connectivity index is 2.44. The van der Waals surface area contributed by atoms with Crippen LogP contribution in [0.2, 0.25) is 0 Å². The van der Waals surface area contributed by atoms with Crippen molar-refractivity contribution < 1.29 is 19.4 Å². The molecular formula is C15H19NO4. The third-order valence-corrected chi connectivity index (χ3v) is 3.50. The lowest BCUT2D eigenvalue weighted by atomic mass is 9.92. The molecule has 5 heteroatoms. The van der Waals surface area contributed by atoms with E-state index in [2.05, 4.69) is 0 Å². The Morgan fingerprint density at radius 2 is 2.15 bits per heavy atom. The normalized spacial score (nSPS) is 21.3. The number of esters is 1. The second kappa shape index (κ2) is 5.63. The largest absolute Gasteiger partial charge is 0.462 e. The van der Waals surface area contributed by atoms with Crippen molar-refractivity contribution in [1.82, 2.24) is 0 Å². The lowest BCUT2D eigenvalue weighted by molar-refractivity contribution is -0.117. The maximum Gasteiger partial charge on any atom is 0.338 e. The summed E-state index contributed by atoms with van der Waals surface area (Å²) >= 11 is 0. The van der Waals surface area contributed by atoms with E-state index in [4.69, 9.17) is 4.74 Å². The summed E-state index contributed by atoms with van der Waals surface area (Å²) in [6.45, 7) is 5.43. The number of amides is 1. The minimum Gasteiger partial charge on any atom is -0.462 e. The Labute approximate surface area is 118 Å². The molecule has 0 saturated heterocycles. The summed E-state index contributed by atoms with van der Waals surface area (Å²) in [7, 11) is 0. The van der Waals surface area contributed by atoms with Crippen LogP contribution in [0.1, 0.15) is 49.2 Å². The summed E-state index contributed by atoms with van der Waals surface area (Å²) in [6, 6.07) is 4.86. The number of hydrogen-bond donors (Lipinski definition) is 1. The first-order valence-corrected chi connectivity index (χ1v) is 6.74. The monoisotopic (exact) mass is 277 g/mol. The molecule has 108 valence electrons. The van der Waals surface area contributed by atoms with Crippen molar-refractivity contribution in [3.63, 3.8) is 0 Å². The first-order chi connectivity index (χ1) is 9.45.